The molecule has 0 aliphatic carbocycles. The van der Waals surface area contributed by atoms with Gasteiger partial charge < -0.3 is 14.7 Å². The molecule has 0 fully saturated rings. The normalized spacial score (nSPS) is 12.2. The number of aryl methyl sites for hydroxylation is 2. The molecule has 1 atom stereocenters. The molecule has 0 aliphatic heterocycles. The van der Waals surface area contributed by atoms with Crippen LogP contribution >= 0.6 is 0 Å². The van der Waals surface area contributed by atoms with Crippen molar-refractivity contribution < 1.29 is 9.21 Å². The molecule has 0 saturated carbocycles. The Morgan fingerprint density at radius 2 is 2.11 bits per heavy atom. The molecule has 0 spiro atoms. The highest BCUT2D eigenvalue weighted by Gasteiger charge is 2.15. The van der Waals surface area contributed by atoms with Gasteiger partial charge in [-0.1, -0.05) is 0 Å². The first-order valence-electron chi connectivity index (χ1n) is 6.04. The lowest BCUT2D eigenvalue weighted by Gasteiger charge is -2.13. The number of nitrogens with one attached hydrogen (secondary N) is 2. The third-order valence-electron chi connectivity index (χ3n) is 2.94. The zero-order chi connectivity index (χ0) is 14.0. The van der Waals surface area contributed by atoms with Crippen LogP contribution < -0.4 is 10.9 Å². The van der Waals surface area contributed by atoms with Crippen molar-refractivity contribution in [1.82, 2.24) is 10.3 Å². The summed E-state index contributed by atoms with van der Waals surface area (Å²) in [6, 6.07) is 4.57. The monoisotopic (exact) mass is 260 g/mol. The fourth-order valence-corrected chi connectivity index (χ4v) is 1.99. The Bertz CT molecular complexity index is 634. The molecule has 2 aromatic rings. The predicted octanol–water partition coefficient (Wildman–Crippen LogP) is 2.08. The zero-order valence-electron chi connectivity index (χ0n) is 11.1. The van der Waals surface area contributed by atoms with E-state index in [2.05, 4.69) is 10.3 Å². The lowest BCUT2D eigenvalue weighted by atomic mass is 10.1. The standard InChI is InChI=1S/C14H16N2O3/c1-8-6-12(10(3)19-8)9(2)16-14(18)11-4-5-13(17)15-7-11/h4-7,9H,1-3H3,(H,15,17)(H,16,18)/t9-/m0/s1. The molecule has 0 aliphatic rings. The van der Waals surface area contributed by atoms with Crippen LogP contribution in [0.1, 0.15) is 40.4 Å². The topological polar surface area (TPSA) is 75.1 Å². The molecule has 1 amide bonds. The van der Waals surface area contributed by atoms with Gasteiger partial charge in [-0.05, 0) is 32.9 Å². The van der Waals surface area contributed by atoms with Gasteiger partial charge in [-0.15, -0.1) is 0 Å². The molecule has 5 nitrogen and oxygen atoms in total. The SMILES string of the molecule is Cc1cc([C@H](C)NC(=O)c2ccc(=O)[nH]c2)c(C)o1. The van der Waals surface area contributed by atoms with Crippen molar-refractivity contribution in [2.75, 3.05) is 0 Å². The molecule has 5 heteroatoms. The highest BCUT2D eigenvalue weighted by Crippen LogP contribution is 2.21. The van der Waals surface area contributed by atoms with Crippen LogP contribution in [-0.2, 0) is 0 Å². The second-order valence-electron chi connectivity index (χ2n) is 4.51. The molecule has 2 heterocycles. The number of carbonyl (C=O) groups excluding carboxylic acids is 1. The van der Waals surface area contributed by atoms with Crippen LogP contribution in [0.15, 0.2) is 33.6 Å². The van der Waals surface area contributed by atoms with E-state index >= 15 is 0 Å². The van der Waals surface area contributed by atoms with E-state index in [-0.39, 0.29) is 17.5 Å². The Balaban J connectivity index is 2.12. The van der Waals surface area contributed by atoms with E-state index in [9.17, 15) is 9.59 Å². The maximum atomic E-state index is 12.0. The van der Waals surface area contributed by atoms with E-state index in [0.717, 1.165) is 17.1 Å². The van der Waals surface area contributed by atoms with E-state index in [0.29, 0.717) is 5.56 Å². The summed E-state index contributed by atoms with van der Waals surface area (Å²) in [6.07, 6.45) is 1.40. The molecule has 19 heavy (non-hydrogen) atoms. The lowest BCUT2D eigenvalue weighted by molar-refractivity contribution is 0.0939. The molecule has 0 aromatic carbocycles. The summed E-state index contributed by atoms with van der Waals surface area (Å²) in [4.78, 5) is 25.4. The Morgan fingerprint density at radius 1 is 1.37 bits per heavy atom. The van der Waals surface area contributed by atoms with Gasteiger partial charge in [0.1, 0.15) is 11.5 Å². The maximum Gasteiger partial charge on any atom is 0.253 e. The predicted molar refractivity (Wildman–Crippen MR) is 71.1 cm³/mol. The van der Waals surface area contributed by atoms with Gasteiger partial charge in [0.2, 0.25) is 5.56 Å². The van der Waals surface area contributed by atoms with Crippen LogP contribution in [0, 0.1) is 13.8 Å². The number of amides is 1. The highest BCUT2D eigenvalue weighted by molar-refractivity contribution is 5.94. The largest absolute Gasteiger partial charge is 0.466 e. The highest BCUT2D eigenvalue weighted by atomic mass is 16.3. The summed E-state index contributed by atoms with van der Waals surface area (Å²) >= 11 is 0. The van der Waals surface area contributed by atoms with Crippen molar-refractivity contribution in [3.05, 3.63) is 57.4 Å². The average Bonchev–Trinajstić information content (AvgIpc) is 2.69. The van der Waals surface area contributed by atoms with E-state index in [1.165, 1.54) is 18.3 Å². The molecule has 100 valence electrons. The average molecular weight is 260 g/mol. The van der Waals surface area contributed by atoms with Gasteiger partial charge in [0, 0.05) is 17.8 Å². The van der Waals surface area contributed by atoms with Gasteiger partial charge >= 0.3 is 0 Å². The first kappa shape index (κ1) is 13.1. The minimum Gasteiger partial charge on any atom is -0.466 e. The fourth-order valence-electron chi connectivity index (χ4n) is 1.99. The van der Waals surface area contributed by atoms with Crippen LogP contribution in [0.2, 0.25) is 0 Å². The van der Waals surface area contributed by atoms with Gasteiger partial charge in [0.05, 0.1) is 11.6 Å². The first-order valence-corrected chi connectivity index (χ1v) is 6.04. The van der Waals surface area contributed by atoms with Crippen LogP contribution in [0.25, 0.3) is 0 Å². The Labute approximate surface area is 110 Å². The van der Waals surface area contributed by atoms with E-state index in [1.54, 1.807) is 0 Å². The summed E-state index contributed by atoms with van der Waals surface area (Å²) < 4.78 is 5.44. The number of furan rings is 1. The van der Waals surface area contributed by atoms with Crippen LogP contribution in [0.3, 0.4) is 0 Å². The lowest BCUT2D eigenvalue weighted by Crippen LogP contribution is -2.27. The zero-order valence-corrected chi connectivity index (χ0v) is 11.1. The molecule has 0 bridgehead atoms. The number of rotatable bonds is 3. The molecular formula is C14H16N2O3. The molecule has 2 rings (SSSR count). The number of hydrogen-bond donors (Lipinski definition) is 2. The molecule has 0 unspecified atom stereocenters. The van der Waals surface area contributed by atoms with Gasteiger partial charge in [0.15, 0.2) is 0 Å². The van der Waals surface area contributed by atoms with E-state index < -0.39 is 0 Å². The summed E-state index contributed by atoms with van der Waals surface area (Å²) in [5, 5.41) is 2.87. The third kappa shape index (κ3) is 2.93. The van der Waals surface area contributed by atoms with Crippen molar-refractivity contribution in [1.29, 1.82) is 0 Å². The number of aromatic amines is 1. The van der Waals surface area contributed by atoms with Gasteiger partial charge in [0.25, 0.3) is 5.91 Å². The summed E-state index contributed by atoms with van der Waals surface area (Å²) in [5.41, 5.74) is 1.14. The smallest absolute Gasteiger partial charge is 0.253 e. The number of aromatic nitrogens is 1. The van der Waals surface area contributed by atoms with E-state index in [1.807, 2.05) is 26.8 Å². The molecule has 0 radical (unpaired) electrons. The quantitative estimate of drug-likeness (QED) is 0.887. The molecule has 0 saturated heterocycles. The van der Waals surface area contributed by atoms with Crippen molar-refractivity contribution >= 4 is 5.91 Å². The summed E-state index contributed by atoms with van der Waals surface area (Å²) in [6.45, 7) is 5.62. The third-order valence-corrected chi connectivity index (χ3v) is 2.94. The molecule has 2 N–H and O–H groups in total. The van der Waals surface area contributed by atoms with Gasteiger partial charge in [-0.25, -0.2) is 0 Å². The fraction of sp³-hybridized carbons (Fsp3) is 0.286. The number of H-pyrrole nitrogens is 1. The first-order chi connectivity index (χ1) is 8.97. The van der Waals surface area contributed by atoms with Crippen molar-refractivity contribution in [2.24, 2.45) is 0 Å². The molecular weight excluding hydrogens is 244 g/mol. The summed E-state index contributed by atoms with van der Waals surface area (Å²) in [7, 11) is 0. The van der Waals surface area contributed by atoms with Crippen molar-refractivity contribution in [2.45, 2.75) is 26.8 Å². The Hall–Kier alpha value is -2.30. The van der Waals surface area contributed by atoms with Crippen LogP contribution in [-0.4, -0.2) is 10.9 Å². The molecule has 2 aromatic heterocycles. The van der Waals surface area contributed by atoms with Crippen molar-refractivity contribution in [3.8, 4) is 0 Å². The number of hydrogen-bond acceptors (Lipinski definition) is 3. The second-order valence-corrected chi connectivity index (χ2v) is 4.51. The van der Waals surface area contributed by atoms with Crippen LogP contribution in [0.4, 0.5) is 0 Å². The Kier molecular flexibility index (Phi) is 3.55. The maximum absolute atomic E-state index is 12.0. The Morgan fingerprint density at radius 3 is 2.63 bits per heavy atom. The van der Waals surface area contributed by atoms with Gasteiger partial charge in [-0.2, -0.15) is 0 Å². The van der Waals surface area contributed by atoms with Crippen LogP contribution in [0.5, 0.6) is 0 Å². The van der Waals surface area contributed by atoms with E-state index in [4.69, 9.17) is 4.42 Å². The number of pyridine rings is 1. The van der Waals surface area contributed by atoms with Crippen molar-refractivity contribution in [3.63, 3.8) is 0 Å². The second kappa shape index (κ2) is 5.14. The minimum atomic E-state index is -0.234. The summed E-state index contributed by atoms with van der Waals surface area (Å²) in [5.74, 6) is 1.38. The minimum absolute atomic E-state index is 0.156. The van der Waals surface area contributed by atoms with Gasteiger partial charge in [-0.3, -0.25) is 9.59 Å². The number of carbonyl (C=O) groups is 1.